The first kappa shape index (κ1) is 14.8. The van der Waals surface area contributed by atoms with Crippen molar-refractivity contribution in [3.05, 3.63) is 0 Å². The molecular formula is C16H29NO2. The summed E-state index contributed by atoms with van der Waals surface area (Å²) in [6, 6.07) is 0.676. The summed E-state index contributed by atoms with van der Waals surface area (Å²) in [6.45, 7) is 9.30. The van der Waals surface area contributed by atoms with E-state index in [1.165, 1.54) is 32.2 Å². The summed E-state index contributed by atoms with van der Waals surface area (Å²) in [5.74, 6) is 0.532. The van der Waals surface area contributed by atoms with Gasteiger partial charge in [-0.2, -0.15) is 0 Å². The zero-order valence-electron chi connectivity index (χ0n) is 12.7. The maximum absolute atomic E-state index is 10.9. The van der Waals surface area contributed by atoms with Crippen LogP contribution in [0, 0.1) is 17.3 Å². The normalized spacial score (nSPS) is 36.1. The molecule has 1 saturated carbocycles. The monoisotopic (exact) mass is 267 g/mol. The number of rotatable bonds is 3. The Kier molecular flexibility index (Phi) is 4.54. The van der Waals surface area contributed by atoms with Gasteiger partial charge >= 0.3 is 5.97 Å². The molecule has 1 saturated heterocycles. The summed E-state index contributed by atoms with van der Waals surface area (Å²) in [7, 11) is 0. The first-order valence-electron chi connectivity index (χ1n) is 7.81. The van der Waals surface area contributed by atoms with Crippen LogP contribution in [-0.2, 0) is 4.79 Å². The lowest BCUT2D eigenvalue weighted by molar-refractivity contribution is -0.138. The maximum atomic E-state index is 10.9. The molecule has 0 radical (unpaired) electrons. The van der Waals surface area contributed by atoms with E-state index in [4.69, 9.17) is 5.11 Å². The highest BCUT2D eigenvalue weighted by Gasteiger charge is 2.36. The summed E-state index contributed by atoms with van der Waals surface area (Å²) in [5, 5.41) is 8.97. The Bertz CT molecular complexity index is 327. The van der Waals surface area contributed by atoms with E-state index in [2.05, 4.69) is 25.7 Å². The lowest BCUT2D eigenvalue weighted by Gasteiger charge is -2.46. The summed E-state index contributed by atoms with van der Waals surface area (Å²) in [4.78, 5) is 13.5. The molecule has 1 aliphatic carbocycles. The van der Waals surface area contributed by atoms with Crippen molar-refractivity contribution in [2.45, 2.75) is 65.3 Å². The van der Waals surface area contributed by atoms with E-state index in [1.807, 2.05) is 0 Å². The molecule has 2 fully saturated rings. The largest absolute Gasteiger partial charge is 0.481 e. The van der Waals surface area contributed by atoms with Gasteiger partial charge in [-0.1, -0.05) is 20.8 Å². The molecule has 3 atom stereocenters. The van der Waals surface area contributed by atoms with Crippen LogP contribution in [-0.4, -0.2) is 35.1 Å². The smallest absolute Gasteiger partial charge is 0.303 e. The van der Waals surface area contributed by atoms with Crippen molar-refractivity contribution in [1.82, 2.24) is 4.90 Å². The zero-order valence-corrected chi connectivity index (χ0v) is 12.7. The molecule has 1 N–H and O–H groups in total. The average Bonchev–Trinajstić information content (AvgIpc) is 2.25. The maximum Gasteiger partial charge on any atom is 0.303 e. The van der Waals surface area contributed by atoms with Crippen LogP contribution in [0.3, 0.4) is 0 Å². The molecule has 2 rings (SSSR count). The molecule has 2 aliphatic rings. The van der Waals surface area contributed by atoms with E-state index >= 15 is 0 Å². The number of aliphatic carboxylic acids is 1. The highest BCUT2D eigenvalue weighted by atomic mass is 16.4. The second-order valence-electron chi connectivity index (χ2n) is 7.67. The van der Waals surface area contributed by atoms with Crippen molar-refractivity contribution in [3.63, 3.8) is 0 Å². The molecular weight excluding hydrogens is 238 g/mol. The fraction of sp³-hybridized carbons (Fsp3) is 0.938. The van der Waals surface area contributed by atoms with Crippen molar-refractivity contribution in [1.29, 1.82) is 0 Å². The van der Waals surface area contributed by atoms with E-state index in [1.54, 1.807) is 0 Å². The Balaban J connectivity index is 1.95. The van der Waals surface area contributed by atoms with Crippen molar-refractivity contribution >= 4 is 5.97 Å². The van der Waals surface area contributed by atoms with Gasteiger partial charge in [0.05, 0.1) is 0 Å². The van der Waals surface area contributed by atoms with Gasteiger partial charge in [0.2, 0.25) is 0 Å². The van der Waals surface area contributed by atoms with Gasteiger partial charge in [-0.05, 0) is 55.9 Å². The van der Waals surface area contributed by atoms with Crippen LogP contribution in [0.15, 0.2) is 0 Å². The molecule has 0 aromatic carbocycles. The third-order valence-electron chi connectivity index (χ3n) is 4.89. The standard InChI is InChI=1S/C16H29NO2/c1-12-7-14(10-16(2,3)9-12)17-6-4-5-13(11-17)8-15(18)19/h12-14H,4-11H2,1-3H3,(H,18,19). The first-order chi connectivity index (χ1) is 8.85. The molecule has 110 valence electrons. The number of nitrogens with zero attached hydrogens (tertiary/aromatic N) is 1. The van der Waals surface area contributed by atoms with Crippen molar-refractivity contribution in [2.75, 3.05) is 13.1 Å². The Morgan fingerprint density at radius 1 is 1.37 bits per heavy atom. The predicted octanol–water partition coefficient (Wildman–Crippen LogP) is 3.39. The molecule has 0 aromatic rings. The van der Waals surface area contributed by atoms with Gasteiger partial charge in [-0.15, -0.1) is 0 Å². The van der Waals surface area contributed by atoms with E-state index in [-0.39, 0.29) is 0 Å². The molecule has 0 amide bonds. The Morgan fingerprint density at radius 2 is 2.11 bits per heavy atom. The minimum Gasteiger partial charge on any atom is -0.481 e. The summed E-state index contributed by atoms with van der Waals surface area (Å²) in [6.07, 6.45) is 6.51. The topological polar surface area (TPSA) is 40.5 Å². The minimum atomic E-state index is -0.635. The molecule has 0 spiro atoms. The Labute approximate surface area is 117 Å². The zero-order chi connectivity index (χ0) is 14.0. The second-order valence-corrected chi connectivity index (χ2v) is 7.67. The minimum absolute atomic E-state index is 0.349. The predicted molar refractivity (Wildman–Crippen MR) is 77.1 cm³/mol. The fourth-order valence-corrected chi connectivity index (χ4v) is 4.42. The van der Waals surface area contributed by atoms with E-state index in [9.17, 15) is 4.79 Å². The average molecular weight is 267 g/mol. The quantitative estimate of drug-likeness (QED) is 0.852. The summed E-state index contributed by atoms with van der Waals surface area (Å²) < 4.78 is 0. The van der Waals surface area contributed by atoms with E-state index in [0.29, 0.717) is 23.8 Å². The number of piperidine rings is 1. The molecule has 1 aliphatic heterocycles. The lowest BCUT2D eigenvalue weighted by Crippen LogP contribution is -2.47. The van der Waals surface area contributed by atoms with Gasteiger partial charge in [0.1, 0.15) is 0 Å². The number of hydrogen-bond donors (Lipinski definition) is 1. The highest BCUT2D eigenvalue weighted by molar-refractivity contribution is 5.67. The van der Waals surface area contributed by atoms with Crippen LogP contribution in [0.1, 0.15) is 59.3 Å². The number of carboxylic acid groups (broad SMARTS) is 1. The molecule has 3 nitrogen and oxygen atoms in total. The molecule has 0 bridgehead atoms. The van der Waals surface area contributed by atoms with Crippen molar-refractivity contribution in [3.8, 4) is 0 Å². The number of carbonyl (C=O) groups is 1. The number of hydrogen-bond acceptors (Lipinski definition) is 2. The van der Waals surface area contributed by atoms with Crippen LogP contribution in [0.5, 0.6) is 0 Å². The van der Waals surface area contributed by atoms with Crippen LogP contribution >= 0.6 is 0 Å². The Morgan fingerprint density at radius 3 is 2.74 bits per heavy atom. The van der Waals surface area contributed by atoms with E-state index < -0.39 is 5.97 Å². The summed E-state index contributed by atoms with van der Waals surface area (Å²) in [5.41, 5.74) is 0.447. The fourth-order valence-electron chi connectivity index (χ4n) is 4.42. The first-order valence-corrected chi connectivity index (χ1v) is 7.81. The molecule has 3 unspecified atom stereocenters. The molecule has 0 aromatic heterocycles. The van der Waals surface area contributed by atoms with Crippen molar-refractivity contribution < 1.29 is 9.90 Å². The van der Waals surface area contributed by atoms with Gasteiger partial charge in [0.25, 0.3) is 0 Å². The molecule has 19 heavy (non-hydrogen) atoms. The third kappa shape index (κ3) is 4.20. The van der Waals surface area contributed by atoms with Crippen molar-refractivity contribution in [2.24, 2.45) is 17.3 Å². The van der Waals surface area contributed by atoms with Gasteiger partial charge in [-0.25, -0.2) is 0 Å². The van der Waals surface area contributed by atoms with Gasteiger partial charge in [-0.3, -0.25) is 4.79 Å². The number of likely N-dealkylation sites (tertiary alicyclic amines) is 1. The number of carboxylic acids is 1. The molecule has 3 heteroatoms. The van der Waals surface area contributed by atoms with Gasteiger partial charge in [0.15, 0.2) is 0 Å². The summed E-state index contributed by atoms with van der Waals surface area (Å²) >= 11 is 0. The Hall–Kier alpha value is -0.570. The van der Waals surface area contributed by atoms with Gasteiger partial charge in [0, 0.05) is 19.0 Å². The molecule has 1 heterocycles. The van der Waals surface area contributed by atoms with Crippen LogP contribution in [0.4, 0.5) is 0 Å². The van der Waals surface area contributed by atoms with Crippen LogP contribution < -0.4 is 0 Å². The lowest BCUT2D eigenvalue weighted by atomic mass is 9.70. The van der Waals surface area contributed by atoms with Gasteiger partial charge < -0.3 is 10.0 Å². The van der Waals surface area contributed by atoms with Crippen LogP contribution in [0.2, 0.25) is 0 Å². The third-order valence-corrected chi connectivity index (χ3v) is 4.89. The SMILES string of the molecule is CC1CC(N2CCCC(CC(=O)O)C2)CC(C)(C)C1. The van der Waals surface area contributed by atoms with Crippen LogP contribution in [0.25, 0.3) is 0 Å². The highest BCUT2D eigenvalue weighted by Crippen LogP contribution is 2.41. The second kappa shape index (κ2) is 5.82. The van der Waals surface area contributed by atoms with E-state index in [0.717, 1.165) is 18.9 Å².